The minimum Gasteiger partial charge on any atom is -0.368 e. The zero-order valence-electron chi connectivity index (χ0n) is 12.2. The molecule has 3 rings (SSSR count). The van der Waals surface area contributed by atoms with Crippen LogP contribution in [0.2, 0.25) is 5.02 Å². The van der Waals surface area contributed by atoms with E-state index in [1.165, 1.54) is 5.56 Å². The Bertz CT molecular complexity index is 673. The molecule has 0 saturated carbocycles. The molecule has 4 nitrogen and oxygen atoms in total. The average Bonchev–Trinajstić information content (AvgIpc) is 2.56. The number of hydrogen-bond acceptors (Lipinski definition) is 4. The van der Waals surface area contributed by atoms with E-state index in [1.54, 1.807) is 6.07 Å². The molecule has 1 saturated heterocycles. The summed E-state index contributed by atoms with van der Waals surface area (Å²) in [6, 6.07) is 11.9. The summed E-state index contributed by atoms with van der Waals surface area (Å²) >= 11 is 5.96. The van der Waals surface area contributed by atoms with Gasteiger partial charge in [-0.05, 0) is 35.9 Å². The van der Waals surface area contributed by atoms with Crippen molar-refractivity contribution >= 4 is 17.3 Å². The third kappa shape index (κ3) is 3.38. The number of aromatic nitrogens is 1. The molecule has 1 aromatic heterocycles. The molecule has 5 heteroatoms. The predicted octanol–water partition coefficient (Wildman–Crippen LogP) is 2.93. The first-order chi connectivity index (χ1) is 10.8. The summed E-state index contributed by atoms with van der Waals surface area (Å²) in [4.78, 5) is 8.73. The molecule has 2 heterocycles. The third-order valence-electron chi connectivity index (χ3n) is 3.95. The van der Waals surface area contributed by atoms with Gasteiger partial charge < -0.3 is 4.90 Å². The summed E-state index contributed by atoms with van der Waals surface area (Å²) in [5.74, 6) is 0. The highest BCUT2D eigenvalue weighted by atomic mass is 35.5. The topological polar surface area (TPSA) is 43.2 Å². The van der Waals surface area contributed by atoms with Gasteiger partial charge in [-0.25, -0.2) is 0 Å². The number of anilines is 1. The summed E-state index contributed by atoms with van der Waals surface area (Å²) in [6.07, 6.45) is 3.66. The van der Waals surface area contributed by atoms with Gasteiger partial charge in [0.15, 0.2) is 0 Å². The number of halogens is 1. The Morgan fingerprint density at radius 1 is 1.09 bits per heavy atom. The van der Waals surface area contributed by atoms with Gasteiger partial charge in [-0.3, -0.25) is 9.88 Å². The van der Waals surface area contributed by atoms with Crippen molar-refractivity contribution in [2.45, 2.75) is 6.54 Å². The highest BCUT2D eigenvalue weighted by Gasteiger charge is 2.19. The number of nitrogens with zero attached hydrogens (tertiary/aromatic N) is 4. The number of hydrogen-bond donors (Lipinski definition) is 0. The van der Waals surface area contributed by atoms with Crippen LogP contribution in [-0.4, -0.2) is 36.1 Å². The molecule has 1 aliphatic heterocycles. The van der Waals surface area contributed by atoms with Crippen molar-refractivity contribution in [3.63, 3.8) is 0 Å². The standard InChI is InChI=1S/C17H17ClN4/c18-16-1-2-17(15(11-16)12-19)22-9-7-21(8-10-22)13-14-3-5-20-6-4-14/h1-6,11H,7-10,13H2. The minimum absolute atomic E-state index is 0.608. The van der Waals surface area contributed by atoms with Crippen LogP contribution in [0.5, 0.6) is 0 Å². The molecular weight excluding hydrogens is 296 g/mol. The lowest BCUT2D eigenvalue weighted by atomic mass is 10.1. The highest BCUT2D eigenvalue weighted by molar-refractivity contribution is 6.30. The molecule has 1 aliphatic rings. The minimum atomic E-state index is 0.608. The van der Waals surface area contributed by atoms with E-state index >= 15 is 0 Å². The van der Waals surface area contributed by atoms with E-state index in [0.29, 0.717) is 10.6 Å². The molecule has 0 amide bonds. The first kappa shape index (κ1) is 14.8. The van der Waals surface area contributed by atoms with Gasteiger partial charge in [0.05, 0.1) is 11.3 Å². The molecular formula is C17H17ClN4. The number of rotatable bonds is 3. The Labute approximate surface area is 135 Å². The van der Waals surface area contributed by atoms with Crippen molar-refractivity contribution in [1.82, 2.24) is 9.88 Å². The lowest BCUT2D eigenvalue weighted by molar-refractivity contribution is 0.250. The van der Waals surface area contributed by atoms with Gasteiger partial charge in [0.1, 0.15) is 6.07 Å². The van der Waals surface area contributed by atoms with Crippen LogP contribution >= 0.6 is 11.6 Å². The van der Waals surface area contributed by atoms with E-state index in [9.17, 15) is 5.26 Å². The fourth-order valence-corrected chi connectivity index (χ4v) is 2.94. The Kier molecular flexibility index (Phi) is 4.57. The van der Waals surface area contributed by atoms with Gasteiger partial charge in [0.2, 0.25) is 0 Å². The molecule has 0 unspecified atom stereocenters. The van der Waals surface area contributed by atoms with Crippen LogP contribution in [0.3, 0.4) is 0 Å². The summed E-state index contributed by atoms with van der Waals surface area (Å²) in [5, 5.41) is 9.88. The maximum Gasteiger partial charge on any atom is 0.101 e. The summed E-state index contributed by atoms with van der Waals surface area (Å²) in [5.41, 5.74) is 2.92. The molecule has 0 spiro atoms. The summed E-state index contributed by atoms with van der Waals surface area (Å²) < 4.78 is 0. The first-order valence-corrected chi connectivity index (χ1v) is 7.70. The summed E-state index contributed by atoms with van der Waals surface area (Å²) in [6.45, 7) is 4.75. The van der Waals surface area contributed by atoms with Gasteiger partial charge in [-0.2, -0.15) is 5.26 Å². The quantitative estimate of drug-likeness (QED) is 0.874. The van der Waals surface area contributed by atoms with Crippen molar-refractivity contribution < 1.29 is 0 Å². The van der Waals surface area contributed by atoms with Crippen molar-refractivity contribution in [2.75, 3.05) is 31.1 Å². The summed E-state index contributed by atoms with van der Waals surface area (Å²) in [7, 11) is 0. The van der Waals surface area contributed by atoms with Crippen LogP contribution < -0.4 is 4.90 Å². The number of benzene rings is 1. The Hall–Kier alpha value is -2.09. The van der Waals surface area contributed by atoms with E-state index in [0.717, 1.165) is 38.4 Å². The highest BCUT2D eigenvalue weighted by Crippen LogP contribution is 2.25. The van der Waals surface area contributed by atoms with Crippen LogP contribution in [0.1, 0.15) is 11.1 Å². The zero-order valence-corrected chi connectivity index (χ0v) is 13.0. The largest absolute Gasteiger partial charge is 0.368 e. The molecule has 1 fully saturated rings. The fourth-order valence-electron chi connectivity index (χ4n) is 2.77. The normalized spacial score (nSPS) is 15.5. The first-order valence-electron chi connectivity index (χ1n) is 7.32. The molecule has 0 radical (unpaired) electrons. The van der Waals surface area contributed by atoms with Gasteiger partial charge in [-0.1, -0.05) is 11.6 Å². The molecule has 22 heavy (non-hydrogen) atoms. The maximum atomic E-state index is 9.27. The van der Waals surface area contributed by atoms with Crippen molar-refractivity contribution in [3.8, 4) is 6.07 Å². The Morgan fingerprint density at radius 3 is 2.50 bits per heavy atom. The van der Waals surface area contributed by atoms with Crippen LogP contribution in [0.25, 0.3) is 0 Å². The number of nitriles is 1. The zero-order chi connectivity index (χ0) is 15.4. The SMILES string of the molecule is N#Cc1cc(Cl)ccc1N1CCN(Cc2ccncc2)CC1. The number of pyridine rings is 1. The average molecular weight is 313 g/mol. The van der Waals surface area contributed by atoms with Crippen LogP contribution in [0, 0.1) is 11.3 Å². The lowest BCUT2D eigenvalue weighted by Gasteiger charge is -2.36. The van der Waals surface area contributed by atoms with Crippen LogP contribution in [-0.2, 0) is 6.54 Å². The molecule has 2 aromatic rings. The second-order valence-corrected chi connectivity index (χ2v) is 5.83. The van der Waals surface area contributed by atoms with E-state index in [4.69, 9.17) is 11.6 Å². The van der Waals surface area contributed by atoms with Gasteiger partial charge in [0.25, 0.3) is 0 Å². The molecule has 112 valence electrons. The van der Waals surface area contributed by atoms with E-state index in [-0.39, 0.29) is 0 Å². The van der Waals surface area contributed by atoms with Crippen LogP contribution in [0.4, 0.5) is 5.69 Å². The maximum absolute atomic E-state index is 9.27. The molecule has 0 N–H and O–H groups in total. The Balaban J connectivity index is 1.64. The second-order valence-electron chi connectivity index (χ2n) is 5.39. The molecule has 0 atom stereocenters. The smallest absolute Gasteiger partial charge is 0.101 e. The predicted molar refractivity (Wildman–Crippen MR) is 87.9 cm³/mol. The molecule has 0 aliphatic carbocycles. The van der Waals surface area contributed by atoms with E-state index < -0.39 is 0 Å². The lowest BCUT2D eigenvalue weighted by Crippen LogP contribution is -2.46. The molecule has 1 aromatic carbocycles. The van der Waals surface area contributed by atoms with E-state index in [1.807, 2.05) is 24.5 Å². The second kappa shape index (κ2) is 6.78. The van der Waals surface area contributed by atoms with Crippen LogP contribution in [0.15, 0.2) is 42.7 Å². The van der Waals surface area contributed by atoms with Crippen molar-refractivity contribution in [3.05, 3.63) is 58.9 Å². The van der Waals surface area contributed by atoms with Gasteiger partial charge in [-0.15, -0.1) is 0 Å². The Morgan fingerprint density at radius 2 is 1.82 bits per heavy atom. The van der Waals surface area contributed by atoms with Gasteiger partial charge in [0, 0.05) is 50.1 Å². The van der Waals surface area contributed by atoms with E-state index in [2.05, 4.69) is 33.0 Å². The van der Waals surface area contributed by atoms with Crippen molar-refractivity contribution in [2.24, 2.45) is 0 Å². The molecule has 0 bridgehead atoms. The third-order valence-corrected chi connectivity index (χ3v) is 4.18. The monoisotopic (exact) mass is 312 g/mol. The van der Waals surface area contributed by atoms with Gasteiger partial charge >= 0.3 is 0 Å². The number of piperazine rings is 1. The van der Waals surface area contributed by atoms with Crippen molar-refractivity contribution in [1.29, 1.82) is 5.26 Å². The fraction of sp³-hybridized carbons (Fsp3) is 0.294.